The zero-order chi connectivity index (χ0) is 30.0. The molecule has 1 N–H and O–H groups in total. The van der Waals surface area contributed by atoms with Crippen molar-refractivity contribution >= 4 is 39.1 Å². The first-order valence-corrected chi connectivity index (χ1v) is 16.3. The lowest BCUT2D eigenvalue weighted by Crippen LogP contribution is -2.51. The van der Waals surface area contributed by atoms with Crippen molar-refractivity contribution in [2.75, 3.05) is 31.3 Å². The Labute approximate surface area is 249 Å². The van der Waals surface area contributed by atoms with E-state index in [9.17, 15) is 18.0 Å². The molecule has 2 aromatic carbocycles. The molecule has 0 aromatic heterocycles. The zero-order valence-corrected chi connectivity index (χ0v) is 26.0. The molecular weight excluding hydrogens is 566 g/mol. The summed E-state index contributed by atoms with van der Waals surface area (Å²) in [5, 5.41) is 3.46. The van der Waals surface area contributed by atoms with Crippen molar-refractivity contribution in [3.8, 4) is 11.5 Å². The fourth-order valence-corrected chi connectivity index (χ4v) is 6.45. The van der Waals surface area contributed by atoms with E-state index in [1.165, 1.54) is 23.9 Å². The Morgan fingerprint density at radius 2 is 1.80 bits per heavy atom. The molecule has 226 valence electrons. The Hall–Kier alpha value is -2.98. The number of nitrogens with zero attached hydrogens (tertiary/aromatic N) is 2. The summed E-state index contributed by atoms with van der Waals surface area (Å²) in [7, 11) is -0.584. The summed E-state index contributed by atoms with van der Waals surface area (Å²) in [6, 6.07) is 11.6. The van der Waals surface area contributed by atoms with Gasteiger partial charge in [0, 0.05) is 25.6 Å². The van der Waals surface area contributed by atoms with Gasteiger partial charge in [0.2, 0.25) is 21.8 Å². The van der Waals surface area contributed by atoms with Crippen LogP contribution in [0.5, 0.6) is 11.5 Å². The van der Waals surface area contributed by atoms with Gasteiger partial charge in [0.1, 0.15) is 17.5 Å². The van der Waals surface area contributed by atoms with E-state index >= 15 is 0 Å². The third kappa shape index (κ3) is 9.26. The number of carbonyl (C=O) groups excluding carboxylic acids is 2. The highest BCUT2D eigenvalue weighted by Gasteiger charge is 2.30. The molecule has 0 spiro atoms. The summed E-state index contributed by atoms with van der Waals surface area (Å²) in [6.07, 6.45) is 7.13. The van der Waals surface area contributed by atoms with Crippen molar-refractivity contribution in [2.24, 2.45) is 0 Å². The van der Waals surface area contributed by atoms with Crippen LogP contribution in [0, 0.1) is 0 Å². The van der Waals surface area contributed by atoms with Crippen LogP contribution in [0.25, 0.3) is 0 Å². The summed E-state index contributed by atoms with van der Waals surface area (Å²) in [5.41, 5.74) is 1.23. The van der Waals surface area contributed by atoms with Crippen LogP contribution in [0.1, 0.15) is 63.9 Å². The normalized spacial score (nSPS) is 14.7. The maximum absolute atomic E-state index is 13.7. The molecule has 1 fully saturated rings. The number of hydrogen-bond acceptors (Lipinski definition) is 6. The number of benzene rings is 2. The average Bonchev–Trinajstić information content (AvgIpc) is 2.95. The van der Waals surface area contributed by atoms with Crippen LogP contribution in [-0.2, 0) is 26.2 Å². The number of anilines is 1. The summed E-state index contributed by atoms with van der Waals surface area (Å²) >= 11 is 6.24. The smallest absolute Gasteiger partial charge is 0.243 e. The van der Waals surface area contributed by atoms with Gasteiger partial charge in [-0.15, -0.1) is 0 Å². The van der Waals surface area contributed by atoms with Crippen molar-refractivity contribution in [1.82, 2.24) is 10.2 Å². The van der Waals surface area contributed by atoms with Gasteiger partial charge in [-0.3, -0.25) is 13.9 Å². The van der Waals surface area contributed by atoms with E-state index in [0.717, 1.165) is 37.5 Å². The van der Waals surface area contributed by atoms with Gasteiger partial charge in [0.15, 0.2) is 0 Å². The Balaban J connectivity index is 1.78. The van der Waals surface area contributed by atoms with Gasteiger partial charge in [-0.1, -0.05) is 49.9 Å². The van der Waals surface area contributed by atoms with Gasteiger partial charge in [0.25, 0.3) is 0 Å². The number of amides is 2. The largest absolute Gasteiger partial charge is 0.497 e. The van der Waals surface area contributed by atoms with Crippen molar-refractivity contribution < 1.29 is 27.5 Å². The van der Waals surface area contributed by atoms with Crippen LogP contribution in [0.4, 0.5) is 5.69 Å². The van der Waals surface area contributed by atoms with E-state index < -0.39 is 16.1 Å². The SMILES string of the molecule is CC[C@@H](C(=O)NC1CCCCC1)N(Cc1cccc(OC)c1)C(=O)CCCN(c1ccc(OC)c(Cl)c1)S(C)(=O)=O. The van der Waals surface area contributed by atoms with Gasteiger partial charge in [-0.05, 0) is 61.6 Å². The summed E-state index contributed by atoms with van der Waals surface area (Å²) in [5.74, 6) is 0.724. The Morgan fingerprint density at radius 3 is 2.41 bits per heavy atom. The molecule has 0 heterocycles. The number of ether oxygens (including phenoxy) is 2. The Morgan fingerprint density at radius 1 is 1.07 bits per heavy atom. The van der Waals surface area contributed by atoms with E-state index in [2.05, 4.69) is 5.32 Å². The van der Waals surface area contributed by atoms with Crippen LogP contribution in [0.3, 0.4) is 0 Å². The molecule has 0 aliphatic heterocycles. The summed E-state index contributed by atoms with van der Waals surface area (Å²) < 4.78 is 37.0. The highest BCUT2D eigenvalue weighted by molar-refractivity contribution is 7.92. The van der Waals surface area contributed by atoms with E-state index in [-0.39, 0.29) is 48.8 Å². The number of nitrogens with one attached hydrogen (secondary N) is 1. The fourth-order valence-electron chi connectivity index (χ4n) is 5.25. The molecule has 1 aliphatic carbocycles. The van der Waals surface area contributed by atoms with Gasteiger partial charge < -0.3 is 19.7 Å². The molecule has 2 aromatic rings. The molecule has 2 amide bonds. The molecule has 0 radical (unpaired) electrons. The molecule has 1 aliphatic rings. The second-order valence-corrected chi connectivity index (χ2v) is 12.7. The molecule has 1 saturated carbocycles. The molecular formula is C30H42ClN3O6S. The van der Waals surface area contributed by atoms with Gasteiger partial charge >= 0.3 is 0 Å². The first-order chi connectivity index (χ1) is 19.6. The first kappa shape index (κ1) is 32.5. The minimum absolute atomic E-state index is 0.0626. The van der Waals surface area contributed by atoms with Gasteiger partial charge in [-0.25, -0.2) is 8.42 Å². The van der Waals surface area contributed by atoms with Crippen LogP contribution >= 0.6 is 11.6 Å². The van der Waals surface area contributed by atoms with Gasteiger partial charge in [0.05, 0.1) is 31.2 Å². The van der Waals surface area contributed by atoms with E-state index in [1.54, 1.807) is 24.1 Å². The van der Waals surface area contributed by atoms with E-state index in [4.69, 9.17) is 21.1 Å². The topological polar surface area (TPSA) is 105 Å². The number of sulfonamides is 1. The highest BCUT2D eigenvalue weighted by atomic mass is 35.5. The number of halogens is 1. The highest BCUT2D eigenvalue weighted by Crippen LogP contribution is 2.30. The van der Waals surface area contributed by atoms with E-state index in [0.29, 0.717) is 23.6 Å². The predicted octanol–water partition coefficient (Wildman–Crippen LogP) is 5.16. The fraction of sp³-hybridized carbons (Fsp3) is 0.533. The van der Waals surface area contributed by atoms with Crippen molar-refractivity contribution in [1.29, 1.82) is 0 Å². The molecule has 11 heteroatoms. The molecule has 41 heavy (non-hydrogen) atoms. The Bertz CT molecular complexity index is 1280. The van der Waals surface area contributed by atoms with Crippen LogP contribution in [0.15, 0.2) is 42.5 Å². The minimum Gasteiger partial charge on any atom is -0.497 e. The van der Waals surface area contributed by atoms with E-state index in [1.807, 2.05) is 31.2 Å². The maximum atomic E-state index is 13.7. The van der Waals surface area contributed by atoms with Gasteiger partial charge in [-0.2, -0.15) is 0 Å². The second-order valence-electron chi connectivity index (χ2n) is 10.4. The van der Waals surface area contributed by atoms with Crippen LogP contribution in [-0.4, -0.2) is 64.2 Å². The van der Waals surface area contributed by atoms with Crippen molar-refractivity contribution in [2.45, 2.75) is 76.9 Å². The number of methoxy groups -OCH3 is 2. The number of carbonyl (C=O) groups is 2. The standard InChI is InChI=1S/C30H42ClN3O6S/c1-5-27(30(36)32-23-12-7-6-8-13-23)33(21-22-11-9-14-25(19-22)39-2)29(35)15-10-18-34(41(4,37)38)24-16-17-28(40-3)26(31)20-24/h9,11,14,16-17,19-20,23,27H,5-8,10,12-13,15,18,21H2,1-4H3,(H,32,36)/t27-/m0/s1. The van der Waals surface area contributed by atoms with Crippen LogP contribution < -0.4 is 19.1 Å². The quantitative estimate of drug-likeness (QED) is 0.318. The summed E-state index contributed by atoms with van der Waals surface area (Å²) in [6.45, 7) is 2.21. The first-order valence-electron chi connectivity index (χ1n) is 14.1. The second kappa shape index (κ2) is 15.3. The molecule has 1 atom stereocenters. The molecule has 0 unspecified atom stereocenters. The van der Waals surface area contributed by atoms with Crippen molar-refractivity contribution in [3.63, 3.8) is 0 Å². The zero-order valence-electron chi connectivity index (χ0n) is 24.4. The number of rotatable bonds is 14. The third-order valence-corrected chi connectivity index (χ3v) is 8.89. The monoisotopic (exact) mass is 607 g/mol. The maximum Gasteiger partial charge on any atom is 0.243 e. The lowest BCUT2D eigenvalue weighted by molar-refractivity contribution is -0.141. The lowest BCUT2D eigenvalue weighted by atomic mass is 9.95. The minimum atomic E-state index is -3.65. The summed E-state index contributed by atoms with van der Waals surface area (Å²) in [4.78, 5) is 28.8. The molecule has 0 bridgehead atoms. The lowest BCUT2D eigenvalue weighted by Gasteiger charge is -2.33. The predicted molar refractivity (Wildman–Crippen MR) is 162 cm³/mol. The molecule has 9 nitrogen and oxygen atoms in total. The molecule has 0 saturated heterocycles. The average molecular weight is 608 g/mol. The Kier molecular flexibility index (Phi) is 12.1. The van der Waals surface area contributed by atoms with Crippen LogP contribution in [0.2, 0.25) is 5.02 Å². The number of hydrogen-bond donors (Lipinski definition) is 1. The van der Waals surface area contributed by atoms with Crippen molar-refractivity contribution in [3.05, 3.63) is 53.1 Å². The third-order valence-electron chi connectivity index (χ3n) is 7.40. The molecule has 3 rings (SSSR count).